The van der Waals surface area contributed by atoms with Crippen molar-refractivity contribution in [3.63, 3.8) is 0 Å². The summed E-state index contributed by atoms with van der Waals surface area (Å²) in [5.74, 6) is 0. The summed E-state index contributed by atoms with van der Waals surface area (Å²) in [6.45, 7) is 17.9. The van der Waals surface area contributed by atoms with Gasteiger partial charge in [-0.05, 0) is 77.8 Å². The summed E-state index contributed by atoms with van der Waals surface area (Å²) >= 11 is 0. The lowest BCUT2D eigenvalue weighted by Crippen LogP contribution is -2.45. The molecule has 4 nitrogen and oxygen atoms in total. The summed E-state index contributed by atoms with van der Waals surface area (Å²) in [4.78, 5) is 2.65. The Balaban J connectivity index is 2.03. The number of rotatable bonds is 8. The maximum Gasteiger partial charge on any atom is 0.277 e. The van der Waals surface area contributed by atoms with Crippen molar-refractivity contribution in [2.24, 2.45) is 5.41 Å². The minimum absolute atomic E-state index is 0.129. The fourth-order valence-corrected chi connectivity index (χ4v) is 7.13. The van der Waals surface area contributed by atoms with Gasteiger partial charge in [0.2, 0.25) is 0 Å². The van der Waals surface area contributed by atoms with Gasteiger partial charge in [-0.1, -0.05) is 27.2 Å². The predicted molar refractivity (Wildman–Crippen MR) is 112 cm³/mol. The maximum atomic E-state index is 14.1. The zero-order valence-corrected chi connectivity index (χ0v) is 19.1. The van der Waals surface area contributed by atoms with Crippen LogP contribution in [0.25, 0.3) is 0 Å². The number of hydrogen-bond donors (Lipinski definition) is 0. The minimum Gasteiger partial charge on any atom is -0.316 e. The van der Waals surface area contributed by atoms with Crippen LogP contribution in [-0.4, -0.2) is 53.6 Å². The molecule has 5 heteroatoms. The van der Waals surface area contributed by atoms with Crippen LogP contribution >= 0.6 is 7.52 Å². The van der Waals surface area contributed by atoms with Gasteiger partial charge >= 0.3 is 0 Å². The van der Waals surface area contributed by atoms with Gasteiger partial charge in [0.05, 0.1) is 11.8 Å². The van der Waals surface area contributed by atoms with Crippen LogP contribution in [0.1, 0.15) is 86.5 Å². The molecule has 2 unspecified atom stereocenters. The molecule has 2 rings (SSSR count). The third kappa shape index (κ3) is 5.13. The molecular weight excluding hydrogens is 343 g/mol. The molecule has 2 aliphatic rings. The Morgan fingerprint density at radius 3 is 2.04 bits per heavy atom. The Bertz CT molecular complexity index is 477. The number of nitrogens with zero attached hydrogens (tertiary/aromatic N) is 2. The van der Waals surface area contributed by atoms with Gasteiger partial charge in [-0.25, -0.2) is 4.67 Å². The number of piperidine rings is 1. The van der Waals surface area contributed by atoms with Crippen molar-refractivity contribution >= 4 is 7.52 Å². The van der Waals surface area contributed by atoms with Crippen molar-refractivity contribution in [1.82, 2.24) is 9.57 Å². The molecule has 2 aliphatic heterocycles. The van der Waals surface area contributed by atoms with Gasteiger partial charge in [-0.3, -0.25) is 4.57 Å². The van der Waals surface area contributed by atoms with Gasteiger partial charge in [-0.15, -0.1) is 0 Å². The molecule has 2 atom stereocenters. The van der Waals surface area contributed by atoms with E-state index in [9.17, 15) is 4.57 Å². The van der Waals surface area contributed by atoms with Crippen molar-refractivity contribution < 1.29 is 9.09 Å². The average Bonchev–Trinajstić information content (AvgIpc) is 3.14. The van der Waals surface area contributed by atoms with E-state index in [1.54, 1.807) is 0 Å². The van der Waals surface area contributed by atoms with Gasteiger partial charge < -0.3 is 9.42 Å². The fourth-order valence-electron chi connectivity index (χ4n) is 4.48. The Morgan fingerprint density at radius 1 is 1.00 bits per heavy atom. The lowest BCUT2D eigenvalue weighted by Gasteiger charge is -2.45. The molecule has 0 aromatic carbocycles. The zero-order valence-electron chi connectivity index (χ0n) is 18.2. The van der Waals surface area contributed by atoms with E-state index in [4.69, 9.17) is 4.52 Å². The predicted octanol–water partition coefficient (Wildman–Crippen LogP) is 5.77. The summed E-state index contributed by atoms with van der Waals surface area (Å²) in [7, 11) is -2.86. The molecule has 0 spiro atoms. The molecule has 0 N–H and O–H groups in total. The second-order valence-corrected chi connectivity index (χ2v) is 13.0. The number of hydrogen-bond acceptors (Lipinski definition) is 3. The zero-order chi connectivity index (χ0) is 19.4. The van der Waals surface area contributed by atoms with E-state index in [0.29, 0.717) is 12.6 Å². The van der Waals surface area contributed by atoms with Crippen LogP contribution in [0.15, 0.2) is 0 Å². The van der Waals surface area contributed by atoms with Gasteiger partial charge in [-0.2, -0.15) is 0 Å². The molecule has 0 saturated carbocycles. The van der Waals surface area contributed by atoms with Crippen LogP contribution < -0.4 is 0 Å². The lowest BCUT2D eigenvalue weighted by atomic mass is 9.84. The highest BCUT2D eigenvalue weighted by Crippen LogP contribution is 2.63. The lowest BCUT2D eigenvalue weighted by molar-refractivity contribution is 0.113. The molecule has 0 amide bonds. The quantitative estimate of drug-likeness (QED) is 0.496. The molecule has 0 radical (unpaired) electrons. The maximum absolute atomic E-state index is 14.1. The summed E-state index contributed by atoms with van der Waals surface area (Å²) < 4.78 is 22.7. The molecule has 26 heavy (non-hydrogen) atoms. The first-order valence-electron chi connectivity index (χ1n) is 10.9. The Labute approximate surface area is 162 Å². The van der Waals surface area contributed by atoms with Crippen LogP contribution in [-0.2, 0) is 9.09 Å². The minimum atomic E-state index is -2.86. The van der Waals surface area contributed by atoms with Crippen molar-refractivity contribution in [3.05, 3.63) is 0 Å². The van der Waals surface area contributed by atoms with E-state index in [1.165, 1.54) is 25.9 Å². The van der Waals surface area contributed by atoms with Gasteiger partial charge in [0.25, 0.3) is 7.52 Å². The monoisotopic (exact) mass is 386 g/mol. The third-order valence-electron chi connectivity index (χ3n) is 6.61. The van der Waals surface area contributed by atoms with Crippen molar-refractivity contribution in [3.8, 4) is 0 Å². The summed E-state index contributed by atoms with van der Waals surface area (Å²) in [6.07, 6.45) is 8.29. The molecule has 0 aromatic heterocycles. The van der Waals surface area contributed by atoms with Crippen LogP contribution in [0.2, 0.25) is 0 Å². The molecule has 0 aromatic rings. The average molecular weight is 387 g/mol. The molecule has 0 aliphatic carbocycles. The van der Waals surface area contributed by atoms with Crippen LogP contribution in [0.3, 0.4) is 0 Å². The van der Waals surface area contributed by atoms with Crippen LogP contribution in [0.5, 0.6) is 0 Å². The largest absolute Gasteiger partial charge is 0.316 e. The van der Waals surface area contributed by atoms with Crippen molar-refractivity contribution in [2.45, 2.75) is 97.7 Å². The van der Waals surface area contributed by atoms with Crippen molar-refractivity contribution in [1.29, 1.82) is 0 Å². The van der Waals surface area contributed by atoms with E-state index in [0.717, 1.165) is 45.2 Å². The SMILES string of the molecule is CCCC(C)(CC)COP(=O)(N1CCC(N2CCCC2)CC1)C(C)(C)C. The first-order chi connectivity index (χ1) is 12.1. The summed E-state index contributed by atoms with van der Waals surface area (Å²) in [5, 5.41) is -0.339. The standard InChI is InChI=1S/C21H43N2O2P/c1-7-13-21(6,8-2)18-25-26(24,20(3,4)5)23-16-11-19(12-17-23)22-14-9-10-15-22/h19H,7-18H2,1-6H3. The molecule has 0 bridgehead atoms. The van der Waals surface area contributed by atoms with Gasteiger partial charge in [0, 0.05) is 19.1 Å². The molecular formula is C21H43N2O2P. The van der Waals surface area contributed by atoms with Gasteiger partial charge in [0.15, 0.2) is 0 Å². The second kappa shape index (κ2) is 9.07. The Hall–Kier alpha value is 0.110. The molecule has 2 heterocycles. The van der Waals surface area contributed by atoms with Gasteiger partial charge in [0.1, 0.15) is 0 Å². The molecule has 2 fully saturated rings. The highest BCUT2D eigenvalue weighted by molar-refractivity contribution is 7.58. The van der Waals surface area contributed by atoms with E-state index < -0.39 is 7.52 Å². The Morgan fingerprint density at radius 2 is 1.58 bits per heavy atom. The second-order valence-electron chi connectivity index (χ2n) is 9.81. The fraction of sp³-hybridized carbons (Fsp3) is 1.00. The summed E-state index contributed by atoms with van der Waals surface area (Å²) in [6, 6.07) is 0.683. The third-order valence-corrected chi connectivity index (χ3v) is 9.93. The highest BCUT2D eigenvalue weighted by atomic mass is 31.2. The molecule has 2 saturated heterocycles. The smallest absolute Gasteiger partial charge is 0.277 e. The first-order valence-corrected chi connectivity index (χ1v) is 12.5. The highest BCUT2D eigenvalue weighted by Gasteiger charge is 2.46. The van der Waals surface area contributed by atoms with Crippen LogP contribution in [0.4, 0.5) is 0 Å². The van der Waals surface area contributed by atoms with E-state index in [-0.39, 0.29) is 10.6 Å². The topological polar surface area (TPSA) is 32.8 Å². The van der Waals surface area contributed by atoms with Crippen molar-refractivity contribution in [2.75, 3.05) is 32.8 Å². The number of likely N-dealkylation sites (tertiary alicyclic amines) is 1. The summed E-state index contributed by atoms with van der Waals surface area (Å²) in [5.41, 5.74) is 0.129. The normalized spacial score (nSPS) is 25.9. The Kier molecular flexibility index (Phi) is 7.82. The van der Waals surface area contributed by atoms with E-state index in [2.05, 4.69) is 51.1 Å². The molecule has 154 valence electrons. The first kappa shape index (κ1) is 22.4. The van der Waals surface area contributed by atoms with E-state index in [1.807, 2.05) is 0 Å². The van der Waals surface area contributed by atoms with Crippen LogP contribution in [0, 0.1) is 5.41 Å². The van der Waals surface area contributed by atoms with E-state index >= 15 is 0 Å².